The third kappa shape index (κ3) is 5.28. The monoisotopic (exact) mass is 269 g/mol. The van der Waals surface area contributed by atoms with Crippen molar-refractivity contribution < 1.29 is 9.26 Å². The van der Waals surface area contributed by atoms with E-state index in [1.54, 1.807) is 7.11 Å². The van der Waals surface area contributed by atoms with Gasteiger partial charge in [-0.2, -0.15) is 4.98 Å². The van der Waals surface area contributed by atoms with Gasteiger partial charge in [-0.05, 0) is 31.2 Å². The molecule has 1 rings (SSSR count). The molecular formula is C14H27N3O2. The van der Waals surface area contributed by atoms with Crippen LogP contribution in [0.25, 0.3) is 0 Å². The molecule has 1 heterocycles. The van der Waals surface area contributed by atoms with Crippen LogP contribution in [-0.2, 0) is 11.2 Å². The summed E-state index contributed by atoms with van der Waals surface area (Å²) in [6.07, 6.45) is 3.70. The van der Waals surface area contributed by atoms with E-state index in [0.717, 1.165) is 25.7 Å². The van der Waals surface area contributed by atoms with E-state index in [4.69, 9.17) is 15.0 Å². The topological polar surface area (TPSA) is 74.2 Å². The van der Waals surface area contributed by atoms with E-state index in [1.807, 2.05) is 0 Å². The maximum Gasteiger partial charge on any atom is 0.227 e. The van der Waals surface area contributed by atoms with Crippen LogP contribution < -0.4 is 5.73 Å². The quantitative estimate of drug-likeness (QED) is 0.746. The Morgan fingerprint density at radius 1 is 1.37 bits per heavy atom. The molecule has 0 fully saturated rings. The Bertz CT molecular complexity index is 352. The lowest BCUT2D eigenvalue weighted by Gasteiger charge is -2.14. The van der Waals surface area contributed by atoms with Gasteiger partial charge in [-0.3, -0.25) is 0 Å². The molecule has 0 aliphatic heterocycles. The van der Waals surface area contributed by atoms with E-state index >= 15 is 0 Å². The summed E-state index contributed by atoms with van der Waals surface area (Å²) >= 11 is 0. The number of nitrogens with two attached hydrogens (primary N) is 1. The molecule has 0 bridgehead atoms. The Kier molecular flexibility index (Phi) is 7.02. The smallest absolute Gasteiger partial charge is 0.227 e. The molecule has 5 nitrogen and oxygen atoms in total. The summed E-state index contributed by atoms with van der Waals surface area (Å²) in [6.45, 7) is 7.16. The van der Waals surface area contributed by atoms with Gasteiger partial charge < -0.3 is 15.0 Å². The molecule has 0 amide bonds. The van der Waals surface area contributed by atoms with Gasteiger partial charge in [0.2, 0.25) is 11.7 Å². The highest BCUT2D eigenvalue weighted by Crippen LogP contribution is 2.21. The molecular weight excluding hydrogens is 242 g/mol. The zero-order valence-electron chi connectivity index (χ0n) is 12.6. The average Bonchev–Trinajstić information content (AvgIpc) is 2.82. The third-order valence-electron chi connectivity index (χ3n) is 3.21. The maximum atomic E-state index is 5.79. The Morgan fingerprint density at radius 2 is 2.11 bits per heavy atom. The van der Waals surface area contributed by atoms with Crippen molar-refractivity contribution in [1.82, 2.24) is 10.1 Å². The Labute approximate surface area is 115 Å². The first kappa shape index (κ1) is 16.1. The van der Waals surface area contributed by atoms with Gasteiger partial charge in [0, 0.05) is 13.5 Å². The van der Waals surface area contributed by atoms with Crippen LogP contribution in [0.1, 0.15) is 57.9 Å². The molecule has 0 aliphatic carbocycles. The molecule has 0 aliphatic rings. The molecule has 0 radical (unpaired) electrons. The Balaban J connectivity index is 2.62. The van der Waals surface area contributed by atoms with Gasteiger partial charge in [-0.25, -0.2) is 0 Å². The molecule has 1 unspecified atom stereocenters. The summed E-state index contributed by atoms with van der Waals surface area (Å²) in [4.78, 5) is 4.44. The molecule has 2 N–H and O–H groups in total. The normalized spacial score (nSPS) is 14.8. The zero-order chi connectivity index (χ0) is 14.3. The van der Waals surface area contributed by atoms with Crippen LogP contribution in [0.4, 0.5) is 0 Å². The van der Waals surface area contributed by atoms with Crippen LogP contribution in [0.5, 0.6) is 0 Å². The fourth-order valence-electron chi connectivity index (χ4n) is 2.27. The minimum absolute atomic E-state index is 0.0658. The highest BCUT2D eigenvalue weighted by atomic mass is 16.5. The average molecular weight is 269 g/mol. The SMILES string of the molecule is CCCC(OC)c1noc(C[C@@H](CN)CC(C)C)n1. The van der Waals surface area contributed by atoms with E-state index < -0.39 is 0 Å². The molecule has 0 saturated carbocycles. The number of methoxy groups -OCH3 is 1. The molecule has 110 valence electrons. The second-order valence-corrected chi connectivity index (χ2v) is 5.49. The van der Waals surface area contributed by atoms with Gasteiger partial charge in [-0.15, -0.1) is 0 Å². The fraction of sp³-hybridized carbons (Fsp3) is 0.857. The largest absolute Gasteiger partial charge is 0.373 e. The van der Waals surface area contributed by atoms with Gasteiger partial charge in [0.25, 0.3) is 0 Å². The second-order valence-electron chi connectivity index (χ2n) is 5.49. The van der Waals surface area contributed by atoms with Gasteiger partial charge in [0.1, 0.15) is 6.10 Å². The summed E-state index contributed by atoms with van der Waals surface area (Å²) in [7, 11) is 1.68. The summed E-state index contributed by atoms with van der Waals surface area (Å²) < 4.78 is 10.7. The number of hydrogen-bond acceptors (Lipinski definition) is 5. The molecule has 1 aromatic heterocycles. The van der Waals surface area contributed by atoms with Crippen molar-refractivity contribution >= 4 is 0 Å². The lowest BCUT2D eigenvalue weighted by Crippen LogP contribution is -2.19. The van der Waals surface area contributed by atoms with Crippen molar-refractivity contribution in [1.29, 1.82) is 0 Å². The standard InChI is InChI=1S/C14H27N3O2/c1-5-6-12(18-4)14-16-13(19-17-14)8-11(9-15)7-10(2)3/h10-12H,5-9,15H2,1-4H3/t11-,12?/m0/s1. The fourth-order valence-corrected chi connectivity index (χ4v) is 2.27. The van der Waals surface area contributed by atoms with E-state index in [-0.39, 0.29) is 6.10 Å². The maximum absolute atomic E-state index is 5.79. The second kappa shape index (κ2) is 8.27. The summed E-state index contributed by atoms with van der Waals surface area (Å²) in [5.74, 6) is 2.35. The highest BCUT2D eigenvalue weighted by molar-refractivity contribution is 4.92. The number of aromatic nitrogens is 2. The van der Waals surface area contributed by atoms with Crippen LogP contribution in [0, 0.1) is 11.8 Å². The summed E-state index contributed by atoms with van der Waals surface area (Å²) in [5, 5.41) is 4.02. The van der Waals surface area contributed by atoms with Crippen LogP contribution >= 0.6 is 0 Å². The predicted molar refractivity (Wildman–Crippen MR) is 74.7 cm³/mol. The van der Waals surface area contributed by atoms with Crippen LogP contribution in [0.15, 0.2) is 4.52 Å². The van der Waals surface area contributed by atoms with Crippen LogP contribution in [0.2, 0.25) is 0 Å². The van der Waals surface area contributed by atoms with Gasteiger partial charge in [0.15, 0.2) is 0 Å². The molecule has 19 heavy (non-hydrogen) atoms. The van der Waals surface area contributed by atoms with Crippen molar-refractivity contribution in [3.8, 4) is 0 Å². The van der Waals surface area contributed by atoms with Crippen LogP contribution in [-0.4, -0.2) is 23.8 Å². The van der Waals surface area contributed by atoms with Crippen LogP contribution in [0.3, 0.4) is 0 Å². The van der Waals surface area contributed by atoms with Gasteiger partial charge >= 0.3 is 0 Å². The van der Waals surface area contributed by atoms with E-state index in [9.17, 15) is 0 Å². The lowest BCUT2D eigenvalue weighted by molar-refractivity contribution is 0.0854. The number of rotatable bonds is 9. The third-order valence-corrected chi connectivity index (χ3v) is 3.21. The summed E-state index contributed by atoms with van der Waals surface area (Å²) in [6, 6.07) is 0. The number of hydrogen-bond donors (Lipinski definition) is 1. The zero-order valence-corrected chi connectivity index (χ0v) is 12.6. The van der Waals surface area contributed by atoms with Gasteiger partial charge in [-0.1, -0.05) is 32.3 Å². The Hall–Kier alpha value is -0.940. The molecule has 2 atom stereocenters. The van der Waals surface area contributed by atoms with Gasteiger partial charge in [0.05, 0.1) is 0 Å². The first-order valence-electron chi connectivity index (χ1n) is 7.15. The first-order chi connectivity index (χ1) is 9.10. The predicted octanol–water partition coefficient (Wildman–Crippen LogP) is 2.72. The van der Waals surface area contributed by atoms with E-state index in [0.29, 0.717) is 30.1 Å². The molecule has 1 aromatic rings. The van der Waals surface area contributed by atoms with Crippen molar-refractivity contribution in [2.45, 2.75) is 52.6 Å². The summed E-state index contributed by atoms with van der Waals surface area (Å²) in [5.41, 5.74) is 5.79. The minimum Gasteiger partial charge on any atom is -0.373 e. The Morgan fingerprint density at radius 3 is 2.63 bits per heavy atom. The number of nitrogens with zero attached hydrogens (tertiary/aromatic N) is 2. The van der Waals surface area contributed by atoms with E-state index in [2.05, 4.69) is 30.9 Å². The molecule has 0 aromatic carbocycles. The molecule has 0 spiro atoms. The van der Waals surface area contributed by atoms with E-state index in [1.165, 1.54) is 0 Å². The molecule has 0 saturated heterocycles. The number of ether oxygens (including phenoxy) is 1. The van der Waals surface area contributed by atoms with Crippen molar-refractivity contribution in [3.05, 3.63) is 11.7 Å². The highest BCUT2D eigenvalue weighted by Gasteiger charge is 2.19. The molecule has 5 heteroatoms. The van der Waals surface area contributed by atoms with Crippen molar-refractivity contribution in [2.75, 3.05) is 13.7 Å². The van der Waals surface area contributed by atoms with Crippen molar-refractivity contribution in [3.63, 3.8) is 0 Å². The minimum atomic E-state index is -0.0658. The lowest BCUT2D eigenvalue weighted by atomic mass is 9.94. The van der Waals surface area contributed by atoms with Crippen molar-refractivity contribution in [2.24, 2.45) is 17.6 Å². The first-order valence-corrected chi connectivity index (χ1v) is 7.15.